The summed E-state index contributed by atoms with van der Waals surface area (Å²) in [4.78, 5) is 25.8. The minimum atomic E-state index is -0.299. The van der Waals surface area contributed by atoms with Gasteiger partial charge in [0.15, 0.2) is 0 Å². The molecule has 23 heavy (non-hydrogen) atoms. The summed E-state index contributed by atoms with van der Waals surface area (Å²) in [6.45, 7) is 5.20. The number of piperidine rings is 1. The number of methoxy groups -OCH3 is 1. The first-order valence-corrected chi connectivity index (χ1v) is 7.92. The van der Waals surface area contributed by atoms with Gasteiger partial charge in [-0.05, 0) is 44.4 Å². The van der Waals surface area contributed by atoms with Crippen LogP contribution in [0.1, 0.15) is 25.3 Å². The van der Waals surface area contributed by atoms with Crippen molar-refractivity contribution in [2.24, 2.45) is 5.92 Å². The summed E-state index contributed by atoms with van der Waals surface area (Å²) in [6.07, 6.45) is 0.976. The second-order valence-corrected chi connectivity index (χ2v) is 5.65. The zero-order valence-corrected chi connectivity index (χ0v) is 13.9. The Bertz CT molecular complexity index is 566. The molecule has 0 bridgehead atoms. The number of likely N-dealkylation sites (tertiary alicyclic amines) is 1. The Morgan fingerprint density at radius 3 is 2.61 bits per heavy atom. The van der Waals surface area contributed by atoms with E-state index in [0.717, 1.165) is 5.56 Å². The summed E-state index contributed by atoms with van der Waals surface area (Å²) in [6, 6.07) is 5.67. The number of nitrogens with zero attached hydrogens (tertiary/aromatic N) is 1. The SMILES string of the molecule is CCOC(=O)N1CCC(C(=O)Nc2cc(C)ccc2OC)CC1. The van der Waals surface area contributed by atoms with Gasteiger partial charge in [-0.3, -0.25) is 4.79 Å². The van der Waals surface area contributed by atoms with E-state index in [4.69, 9.17) is 9.47 Å². The molecule has 2 rings (SSSR count). The zero-order chi connectivity index (χ0) is 16.8. The number of hydrogen-bond donors (Lipinski definition) is 1. The van der Waals surface area contributed by atoms with Crippen molar-refractivity contribution < 1.29 is 19.1 Å². The van der Waals surface area contributed by atoms with E-state index >= 15 is 0 Å². The van der Waals surface area contributed by atoms with Gasteiger partial charge in [0.2, 0.25) is 5.91 Å². The van der Waals surface area contributed by atoms with E-state index < -0.39 is 0 Å². The fraction of sp³-hybridized carbons (Fsp3) is 0.529. The van der Waals surface area contributed by atoms with E-state index in [1.54, 1.807) is 18.9 Å². The van der Waals surface area contributed by atoms with Crippen LogP contribution in [-0.4, -0.2) is 43.7 Å². The number of ether oxygens (including phenoxy) is 2. The molecule has 2 amide bonds. The van der Waals surface area contributed by atoms with Crippen LogP contribution in [0.15, 0.2) is 18.2 Å². The monoisotopic (exact) mass is 320 g/mol. The van der Waals surface area contributed by atoms with Crippen molar-refractivity contribution in [1.82, 2.24) is 4.90 Å². The Kier molecular flexibility index (Phi) is 5.84. The van der Waals surface area contributed by atoms with Gasteiger partial charge in [0.1, 0.15) is 5.75 Å². The molecule has 1 saturated heterocycles. The molecule has 1 aliphatic heterocycles. The number of hydrogen-bond acceptors (Lipinski definition) is 4. The van der Waals surface area contributed by atoms with Crippen molar-refractivity contribution in [2.45, 2.75) is 26.7 Å². The molecule has 0 aromatic heterocycles. The highest BCUT2D eigenvalue weighted by molar-refractivity contribution is 5.94. The number of benzene rings is 1. The van der Waals surface area contributed by atoms with Gasteiger partial charge >= 0.3 is 6.09 Å². The lowest BCUT2D eigenvalue weighted by Crippen LogP contribution is -2.41. The van der Waals surface area contributed by atoms with Gasteiger partial charge in [0, 0.05) is 19.0 Å². The molecule has 0 aliphatic carbocycles. The number of carbonyl (C=O) groups excluding carboxylic acids is 2. The minimum Gasteiger partial charge on any atom is -0.495 e. The third-order valence-electron chi connectivity index (χ3n) is 4.00. The van der Waals surface area contributed by atoms with Crippen molar-refractivity contribution in [3.05, 3.63) is 23.8 Å². The van der Waals surface area contributed by atoms with E-state index in [9.17, 15) is 9.59 Å². The summed E-state index contributed by atoms with van der Waals surface area (Å²) < 4.78 is 10.3. The highest BCUT2D eigenvalue weighted by Gasteiger charge is 2.28. The van der Waals surface area contributed by atoms with Crippen LogP contribution in [0.5, 0.6) is 5.75 Å². The van der Waals surface area contributed by atoms with Crippen molar-refractivity contribution in [2.75, 3.05) is 32.1 Å². The number of carbonyl (C=O) groups is 2. The van der Waals surface area contributed by atoms with E-state index in [1.165, 1.54) is 0 Å². The molecule has 1 aromatic rings. The average Bonchev–Trinajstić information content (AvgIpc) is 2.55. The molecular formula is C17H24N2O4. The van der Waals surface area contributed by atoms with Crippen molar-refractivity contribution >= 4 is 17.7 Å². The number of rotatable bonds is 4. The lowest BCUT2D eigenvalue weighted by Gasteiger charge is -2.30. The number of anilines is 1. The highest BCUT2D eigenvalue weighted by atomic mass is 16.6. The molecule has 1 aromatic carbocycles. The normalized spacial score (nSPS) is 15.2. The average molecular weight is 320 g/mol. The third kappa shape index (κ3) is 4.37. The topological polar surface area (TPSA) is 67.9 Å². The lowest BCUT2D eigenvalue weighted by molar-refractivity contribution is -0.121. The molecule has 6 heteroatoms. The first kappa shape index (κ1) is 17.1. The number of aryl methyl sites for hydroxylation is 1. The molecule has 0 spiro atoms. The van der Waals surface area contributed by atoms with Crippen molar-refractivity contribution in [3.8, 4) is 5.75 Å². The van der Waals surface area contributed by atoms with Crippen LogP contribution < -0.4 is 10.1 Å². The predicted octanol–water partition coefficient (Wildman–Crippen LogP) is 2.81. The van der Waals surface area contributed by atoms with Gasteiger partial charge in [-0.1, -0.05) is 6.07 Å². The third-order valence-corrected chi connectivity index (χ3v) is 4.00. The van der Waals surface area contributed by atoms with E-state index in [-0.39, 0.29) is 17.9 Å². The lowest BCUT2D eigenvalue weighted by atomic mass is 9.96. The second-order valence-electron chi connectivity index (χ2n) is 5.65. The van der Waals surface area contributed by atoms with Gasteiger partial charge in [-0.2, -0.15) is 0 Å². The van der Waals surface area contributed by atoms with Crippen LogP contribution in [0.4, 0.5) is 10.5 Å². The molecule has 1 heterocycles. The quantitative estimate of drug-likeness (QED) is 0.926. The molecule has 0 saturated carbocycles. The first-order chi connectivity index (χ1) is 11.0. The smallest absolute Gasteiger partial charge is 0.409 e. The molecule has 0 atom stereocenters. The Balaban J connectivity index is 1.93. The van der Waals surface area contributed by atoms with Crippen LogP contribution in [-0.2, 0) is 9.53 Å². The molecule has 126 valence electrons. The summed E-state index contributed by atoms with van der Waals surface area (Å²) in [5.41, 5.74) is 1.74. The Hall–Kier alpha value is -2.24. The Morgan fingerprint density at radius 2 is 2.00 bits per heavy atom. The van der Waals surface area contributed by atoms with E-state index in [0.29, 0.717) is 44.0 Å². The number of nitrogens with one attached hydrogen (secondary N) is 1. The summed E-state index contributed by atoms with van der Waals surface area (Å²) in [7, 11) is 1.58. The van der Waals surface area contributed by atoms with Crippen LogP contribution >= 0.6 is 0 Å². The molecule has 1 N–H and O–H groups in total. The Morgan fingerprint density at radius 1 is 1.30 bits per heavy atom. The van der Waals surface area contributed by atoms with Crippen molar-refractivity contribution in [1.29, 1.82) is 0 Å². The maximum atomic E-state index is 12.4. The fourth-order valence-corrected chi connectivity index (χ4v) is 2.69. The van der Waals surface area contributed by atoms with Crippen LogP contribution in [0.2, 0.25) is 0 Å². The van der Waals surface area contributed by atoms with Gasteiger partial charge < -0.3 is 19.7 Å². The van der Waals surface area contributed by atoms with Gasteiger partial charge in [-0.25, -0.2) is 4.79 Å². The van der Waals surface area contributed by atoms with Gasteiger partial charge in [-0.15, -0.1) is 0 Å². The first-order valence-electron chi connectivity index (χ1n) is 7.92. The maximum absolute atomic E-state index is 12.4. The van der Waals surface area contributed by atoms with Crippen LogP contribution in [0.25, 0.3) is 0 Å². The molecule has 0 radical (unpaired) electrons. The molecule has 1 fully saturated rings. The predicted molar refractivity (Wildman–Crippen MR) is 87.7 cm³/mol. The number of amides is 2. The summed E-state index contributed by atoms with van der Waals surface area (Å²) >= 11 is 0. The van der Waals surface area contributed by atoms with Crippen LogP contribution in [0, 0.1) is 12.8 Å². The highest BCUT2D eigenvalue weighted by Crippen LogP contribution is 2.27. The van der Waals surface area contributed by atoms with E-state index in [1.807, 2.05) is 25.1 Å². The molecule has 6 nitrogen and oxygen atoms in total. The van der Waals surface area contributed by atoms with Gasteiger partial charge in [0.25, 0.3) is 0 Å². The van der Waals surface area contributed by atoms with E-state index in [2.05, 4.69) is 5.32 Å². The minimum absolute atomic E-state index is 0.0302. The maximum Gasteiger partial charge on any atom is 0.409 e. The fourth-order valence-electron chi connectivity index (χ4n) is 2.69. The Labute approximate surface area is 136 Å². The summed E-state index contributed by atoms with van der Waals surface area (Å²) in [5, 5.41) is 2.94. The molecule has 1 aliphatic rings. The summed E-state index contributed by atoms with van der Waals surface area (Å²) in [5.74, 6) is 0.510. The second kappa shape index (κ2) is 7.85. The molecule has 0 unspecified atom stereocenters. The van der Waals surface area contributed by atoms with Gasteiger partial charge in [0.05, 0.1) is 19.4 Å². The van der Waals surface area contributed by atoms with Crippen LogP contribution in [0.3, 0.4) is 0 Å². The standard InChI is InChI=1S/C17H24N2O4/c1-4-23-17(21)19-9-7-13(8-10-19)16(20)18-14-11-12(2)5-6-15(14)22-3/h5-6,11,13H,4,7-10H2,1-3H3,(H,18,20). The largest absolute Gasteiger partial charge is 0.495 e. The molecular weight excluding hydrogens is 296 g/mol. The van der Waals surface area contributed by atoms with Crippen molar-refractivity contribution in [3.63, 3.8) is 0 Å². The zero-order valence-electron chi connectivity index (χ0n) is 13.9.